The van der Waals surface area contributed by atoms with Crippen LogP contribution in [0.4, 0.5) is 5.69 Å². The van der Waals surface area contributed by atoms with E-state index in [2.05, 4.69) is 5.32 Å². The van der Waals surface area contributed by atoms with E-state index in [0.717, 1.165) is 16.8 Å². The number of carbonyl (C=O) groups excluding carboxylic acids is 2. The van der Waals surface area contributed by atoms with E-state index in [-0.39, 0.29) is 11.6 Å². The average molecular weight is 377 g/mol. The highest BCUT2D eigenvalue weighted by atomic mass is 16.3. The standard InChI is InChI=1S/C24H27NO3/c1-15-10-12-19(13-11-15)25-20-14-24(4,28)23(17(3)27)22(21(20)16(2)26)18-8-6-5-7-9-18/h5-14,21-23,25,28H,1-4H3/t21-,22+,23-,24+/m1/s1. The van der Waals surface area contributed by atoms with Gasteiger partial charge in [-0.3, -0.25) is 9.59 Å². The van der Waals surface area contributed by atoms with Crippen molar-refractivity contribution in [2.75, 3.05) is 5.32 Å². The highest BCUT2D eigenvalue weighted by molar-refractivity contribution is 5.88. The first-order chi connectivity index (χ1) is 13.2. The number of rotatable bonds is 5. The molecule has 4 heteroatoms. The number of ketones is 2. The molecule has 3 rings (SSSR count). The van der Waals surface area contributed by atoms with Crippen molar-refractivity contribution in [1.82, 2.24) is 0 Å². The molecule has 0 amide bonds. The average Bonchev–Trinajstić information content (AvgIpc) is 2.62. The van der Waals surface area contributed by atoms with Gasteiger partial charge in [-0.05, 0) is 51.5 Å². The molecule has 2 aromatic rings. The molecule has 0 saturated heterocycles. The minimum absolute atomic E-state index is 0.0403. The maximum atomic E-state index is 12.7. The van der Waals surface area contributed by atoms with E-state index in [1.54, 1.807) is 19.9 Å². The van der Waals surface area contributed by atoms with Gasteiger partial charge in [-0.15, -0.1) is 0 Å². The van der Waals surface area contributed by atoms with Crippen molar-refractivity contribution in [2.24, 2.45) is 11.8 Å². The number of benzene rings is 2. The molecule has 4 atom stereocenters. The Hall–Kier alpha value is -2.72. The van der Waals surface area contributed by atoms with Crippen LogP contribution in [0.15, 0.2) is 66.4 Å². The van der Waals surface area contributed by atoms with Crippen molar-refractivity contribution in [1.29, 1.82) is 0 Å². The summed E-state index contributed by atoms with van der Waals surface area (Å²) in [5, 5.41) is 14.5. The number of anilines is 1. The molecule has 4 nitrogen and oxygen atoms in total. The smallest absolute Gasteiger partial charge is 0.139 e. The van der Waals surface area contributed by atoms with Crippen molar-refractivity contribution >= 4 is 17.3 Å². The Bertz CT molecular complexity index is 897. The quantitative estimate of drug-likeness (QED) is 0.817. The summed E-state index contributed by atoms with van der Waals surface area (Å²) in [6.07, 6.45) is 1.64. The third-order valence-corrected chi connectivity index (χ3v) is 5.53. The summed E-state index contributed by atoms with van der Waals surface area (Å²) < 4.78 is 0. The monoisotopic (exact) mass is 377 g/mol. The Morgan fingerprint density at radius 2 is 1.57 bits per heavy atom. The molecule has 0 spiro atoms. The van der Waals surface area contributed by atoms with E-state index in [9.17, 15) is 14.7 Å². The van der Waals surface area contributed by atoms with E-state index < -0.39 is 23.4 Å². The number of aryl methyl sites for hydroxylation is 1. The molecular weight excluding hydrogens is 350 g/mol. The zero-order chi connectivity index (χ0) is 20.5. The van der Waals surface area contributed by atoms with E-state index in [0.29, 0.717) is 5.70 Å². The van der Waals surface area contributed by atoms with Crippen LogP contribution in [-0.4, -0.2) is 22.3 Å². The van der Waals surface area contributed by atoms with E-state index in [1.807, 2.05) is 61.5 Å². The Morgan fingerprint density at radius 1 is 0.964 bits per heavy atom. The lowest BCUT2D eigenvalue weighted by Gasteiger charge is -2.44. The number of allylic oxidation sites excluding steroid dienone is 1. The van der Waals surface area contributed by atoms with Crippen molar-refractivity contribution in [3.63, 3.8) is 0 Å². The van der Waals surface area contributed by atoms with Crippen molar-refractivity contribution in [3.8, 4) is 0 Å². The fourth-order valence-electron chi connectivity index (χ4n) is 4.36. The van der Waals surface area contributed by atoms with Gasteiger partial charge in [0, 0.05) is 17.3 Å². The summed E-state index contributed by atoms with van der Waals surface area (Å²) in [5.41, 5.74) is 2.11. The molecule has 0 radical (unpaired) electrons. The zero-order valence-electron chi connectivity index (χ0n) is 16.8. The number of aliphatic hydroxyl groups is 1. The second-order valence-electron chi connectivity index (χ2n) is 7.93. The first-order valence-corrected chi connectivity index (χ1v) is 9.55. The first-order valence-electron chi connectivity index (χ1n) is 9.55. The van der Waals surface area contributed by atoms with E-state index in [1.165, 1.54) is 6.92 Å². The van der Waals surface area contributed by atoms with Crippen LogP contribution in [0.3, 0.4) is 0 Å². The molecule has 146 valence electrons. The fraction of sp³-hybridized carbons (Fsp3) is 0.333. The maximum Gasteiger partial charge on any atom is 0.139 e. The molecule has 0 bridgehead atoms. The summed E-state index contributed by atoms with van der Waals surface area (Å²) in [6, 6.07) is 17.4. The van der Waals surface area contributed by atoms with Crippen LogP contribution in [0.1, 0.15) is 37.8 Å². The molecule has 1 aliphatic rings. The lowest BCUT2D eigenvalue weighted by atomic mass is 9.62. The molecule has 0 heterocycles. The Morgan fingerprint density at radius 3 is 2.11 bits per heavy atom. The predicted octanol–water partition coefficient (Wildman–Crippen LogP) is 4.25. The van der Waals surface area contributed by atoms with Gasteiger partial charge in [-0.25, -0.2) is 0 Å². The number of carbonyl (C=O) groups is 2. The maximum absolute atomic E-state index is 12.7. The van der Waals surface area contributed by atoms with Gasteiger partial charge in [-0.2, -0.15) is 0 Å². The number of hydrogen-bond acceptors (Lipinski definition) is 4. The molecule has 2 N–H and O–H groups in total. The Balaban J connectivity index is 2.14. The fourth-order valence-corrected chi connectivity index (χ4v) is 4.36. The minimum atomic E-state index is -1.37. The molecule has 2 aromatic carbocycles. The third kappa shape index (κ3) is 3.92. The SMILES string of the molecule is CC(=O)[C@@H]1C(Nc2ccc(C)cc2)=C[C@](C)(O)[C@H](C(C)=O)[C@H]1c1ccccc1. The summed E-state index contributed by atoms with van der Waals surface area (Å²) in [5.74, 6) is -1.86. The molecular formula is C24H27NO3. The molecule has 1 aliphatic carbocycles. The Kier molecular flexibility index (Phi) is 5.52. The summed E-state index contributed by atoms with van der Waals surface area (Å²) in [4.78, 5) is 25.3. The van der Waals surface area contributed by atoms with Crippen molar-refractivity contribution in [3.05, 3.63) is 77.5 Å². The number of Topliss-reactive ketones (excluding diaryl/α,β-unsaturated/α-hetero) is 2. The summed E-state index contributed by atoms with van der Waals surface area (Å²) >= 11 is 0. The lowest BCUT2D eigenvalue weighted by molar-refractivity contribution is -0.131. The highest BCUT2D eigenvalue weighted by Gasteiger charge is 2.50. The minimum Gasteiger partial charge on any atom is -0.385 e. The van der Waals surface area contributed by atoms with Crippen LogP contribution >= 0.6 is 0 Å². The lowest BCUT2D eigenvalue weighted by Crippen LogP contribution is -2.49. The van der Waals surface area contributed by atoms with Crippen LogP contribution in [-0.2, 0) is 9.59 Å². The highest BCUT2D eigenvalue weighted by Crippen LogP contribution is 2.47. The Labute approximate surface area is 166 Å². The zero-order valence-corrected chi connectivity index (χ0v) is 16.8. The van der Waals surface area contributed by atoms with E-state index >= 15 is 0 Å². The summed E-state index contributed by atoms with van der Waals surface area (Å²) in [7, 11) is 0. The first kappa shape index (κ1) is 20.0. The van der Waals surface area contributed by atoms with Gasteiger partial charge >= 0.3 is 0 Å². The molecule has 0 unspecified atom stereocenters. The predicted molar refractivity (Wildman–Crippen MR) is 111 cm³/mol. The molecule has 0 fully saturated rings. The van der Waals surface area contributed by atoms with Gasteiger partial charge in [0.1, 0.15) is 11.6 Å². The molecule has 0 aliphatic heterocycles. The third-order valence-electron chi connectivity index (χ3n) is 5.53. The van der Waals surface area contributed by atoms with Crippen LogP contribution in [0.5, 0.6) is 0 Å². The largest absolute Gasteiger partial charge is 0.385 e. The van der Waals surface area contributed by atoms with Crippen LogP contribution in [0, 0.1) is 18.8 Å². The van der Waals surface area contributed by atoms with E-state index in [4.69, 9.17) is 0 Å². The van der Waals surface area contributed by atoms with Gasteiger partial charge in [0.15, 0.2) is 0 Å². The van der Waals surface area contributed by atoms with Gasteiger partial charge < -0.3 is 10.4 Å². The topological polar surface area (TPSA) is 66.4 Å². The molecule has 0 saturated carbocycles. The second kappa shape index (κ2) is 7.72. The van der Waals surface area contributed by atoms with Crippen molar-refractivity contribution in [2.45, 2.75) is 39.2 Å². The van der Waals surface area contributed by atoms with Crippen LogP contribution in [0.2, 0.25) is 0 Å². The van der Waals surface area contributed by atoms with Gasteiger partial charge in [0.25, 0.3) is 0 Å². The number of hydrogen-bond donors (Lipinski definition) is 2. The number of nitrogens with one attached hydrogen (secondary N) is 1. The molecule has 0 aromatic heterocycles. The normalized spacial score (nSPS) is 27.0. The van der Waals surface area contributed by atoms with Gasteiger partial charge in [0.2, 0.25) is 0 Å². The molecule has 28 heavy (non-hydrogen) atoms. The van der Waals surface area contributed by atoms with Crippen molar-refractivity contribution < 1.29 is 14.7 Å². The van der Waals surface area contributed by atoms with Gasteiger partial charge in [0.05, 0.1) is 17.4 Å². The van der Waals surface area contributed by atoms with Gasteiger partial charge in [-0.1, -0.05) is 48.0 Å². The second-order valence-corrected chi connectivity index (χ2v) is 7.93. The van der Waals surface area contributed by atoms with Crippen LogP contribution in [0.25, 0.3) is 0 Å². The van der Waals surface area contributed by atoms with Crippen LogP contribution < -0.4 is 5.32 Å². The summed E-state index contributed by atoms with van der Waals surface area (Å²) in [6.45, 7) is 6.68.